The van der Waals surface area contributed by atoms with E-state index in [9.17, 15) is 14.7 Å². The summed E-state index contributed by atoms with van der Waals surface area (Å²) in [5.41, 5.74) is 0.129. The molecule has 0 fully saturated rings. The van der Waals surface area contributed by atoms with Crippen molar-refractivity contribution in [1.29, 1.82) is 0 Å². The molecule has 160 valence electrons. The molecule has 4 rings (SSSR count). The summed E-state index contributed by atoms with van der Waals surface area (Å²) < 4.78 is 14.2. The van der Waals surface area contributed by atoms with Crippen molar-refractivity contribution >= 4 is 11.2 Å². The number of fused-ring (bicyclic) bond motifs is 1. The molecule has 0 aliphatic heterocycles. The lowest BCUT2D eigenvalue weighted by Gasteiger charge is -2.15. The predicted molar refractivity (Wildman–Crippen MR) is 115 cm³/mol. The van der Waals surface area contributed by atoms with Gasteiger partial charge in [0.15, 0.2) is 11.2 Å². The number of imidazole rings is 1. The number of hydrogen-bond donors (Lipinski definition) is 2. The van der Waals surface area contributed by atoms with Gasteiger partial charge in [0, 0.05) is 7.05 Å². The number of hydrogen-bond acceptors (Lipinski definition) is 6. The molecule has 0 aliphatic rings. The number of aromatic nitrogens is 4. The zero-order valence-corrected chi connectivity index (χ0v) is 17.1. The number of aromatic amines is 1. The van der Waals surface area contributed by atoms with Crippen molar-refractivity contribution in [3.05, 3.63) is 81.0 Å². The van der Waals surface area contributed by atoms with Gasteiger partial charge in [-0.2, -0.15) is 4.98 Å². The monoisotopic (exact) mass is 422 g/mol. The van der Waals surface area contributed by atoms with Crippen LogP contribution in [0.25, 0.3) is 11.2 Å². The van der Waals surface area contributed by atoms with E-state index in [2.05, 4.69) is 9.97 Å². The number of benzene rings is 2. The van der Waals surface area contributed by atoms with Gasteiger partial charge in [-0.05, 0) is 36.8 Å². The first-order valence-corrected chi connectivity index (χ1v) is 9.72. The quantitative estimate of drug-likeness (QED) is 0.471. The fourth-order valence-corrected chi connectivity index (χ4v) is 3.22. The van der Waals surface area contributed by atoms with E-state index < -0.39 is 17.4 Å². The number of rotatable bonds is 7. The Hall–Kier alpha value is -3.85. The minimum Gasteiger partial charge on any atom is -0.491 e. The Bertz CT molecular complexity index is 1320. The van der Waals surface area contributed by atoms with Crippen LogP contribution in [0.5, 0.6) is 17.5 Å². The van der Waals surface area contributed by atoms with Crippen LogP contribution in [0.4, 0.5) is 0 Å². The summed E-state index contributed by atoms with van der Waals surface area (Å²) in [6, 6.07) is 16.5. The van der Waals surface area contributed by atoms with Crippen molar-refractivity contribution < 1.29 is 14.6 Å². The molecule has 0 bridgehead atoms. The molecular weight excluding hydrogens is 400 g/mol. The van der Waals surface area contributed by atoms with Crippen LogP contribution >= 0.6 is 0 Å². The second-order valence-electron chi connectivity index (χ2n) is 7.19. The van der Waals surface area contributed by atoms with Crippen molar-refractivity contribution in [2.45, 2.75) is 19.6 Å². The van der Waals surface area contributed by atoms with Gasteiger partial charge in [0.2, 0.25) is 0 Å². The smallest absolute Gasteiger partial charge is 0.329 e. The number of H-pyrrole nitrogens is 1. The number of aryl methyl sites for hydroxylation is 2. The Morgan fingerprint density at radius 3 is 2.58 bits per heavy atom. The molecule has 2 aromatic heterocycles. The minimum atomic E-state index is -0.965. The first-order valence-electron chi connectivity index (χ1n) is 9.72. The Balaban J connectivity index is 1.67. The van der Waals surface area contributed by atoms with E-state index in [1.807, 2.05) is 31.2 Å². The molecule has 0 saturated heterocycles. The molecule has 9 heteroatoms. The number of aliphatic hydroxyl groups is 1. The molecule has 0 spiro atoms. The minimum absolute atomic E-state index is 0.00241. The summed E-state index contributed by atoms with van der Waals surface area (Å²) in [5, 5.41) is 10.6. The van der Waals surface area contributed by atoms with Crippen LogP contribution in [0.3, 0.4) is 0 Å². The molecule has 1 atom stereocenters. The number of ether oxygens (including phenoxy) is 2. The highest BCUT2D eigenvalue weighted by Gasteiger charge is 2.21. The molecule has 2 heterocycles. The van der Waals surface area contributed by atoms with Crippen LogP contribution in [0, 0.1) is 6.92 Å². The highest BCUT2D eigenvalue weighted by Crippen LogP contribution is 2.24. The maximum absolute atomic E-state index is 12.5. The first kappa shape index (κ1) is 20.4. The maximum Gasteiger partial charge on any atom is 0.329 e. The summed E-state index contributed by atoms with van der Waals surface area (Å²) >= 11 is 0. The Labute approximate surface area is 177 Å². The molecule has 0 amide bonds. The summed E-state index contributed by atoms with van der Waals surface area (Å²) in [7, 11) is 1.50. The average molecular weight is 422 g/mol. The van der Waals surface area contributed by atoms with Gasteiger partial charge in [-0.3, -0.25) is 18.9 Å². The normalized spacial score (nSPS) is 12.1. The molecule has 2 aromatic carbocycles. The van der Waals surface area contributed by atoms with Crippen molar-refractivity contribution in [1.82, 2.24) is 19.1 Å². The van der Waals surface area contributed by atoms with E-state index >= 15 is 0 Å². The van der Waals surface area contributed by atoms with Gasteiger partial charge in [0.05, 0.1) is 6.54 Å². The van der Waals surface area contributed by atoms with Gasteiger partial charge in [-0.15, -0.1) is 0 Å². The molecule has 0 saturated carbocycles. The van der Waals surface area contributed by atoms with Crippen LogP contribution in [-0.2, 0) is 13.6 Å². The summed E-state index contributed by atoms with van der Waals surface area (Å²) in [6.45, 7) is 1.92. The third kappa shape index (κ3) is 4.36. The van der Waals surface area contributed by atoms with Gasteiger partial charge in [-0.25, -0.2) is 4.79 Å². The van der Waals surface area contributed by atoms with Gasteiger partial charge < -0.3 is 14.6 Å². The number of para-hydroxylation sites is 1. The Morgan fingerprint density at radius 2 is 1.84 bits per heavy atom. The Morgan fingerprint density at radius 1 is 1.10 bits per heavy atom. The number of nitrogens with zero attached hydrogens (tertiary/aromatic N) is 3. The standard InChI is InChI=1S/C22H22N4O5/c1-14-7-6-10-17(11-14)30-13-15(27)12-26-18-19(25(2)21(29)24-20(18)28)23-22(26)31-16-8-4-3-5-9-16/h3-11,15,27H,12-13H2,1-2H3,(H,24,28,29)/t15-/m1/s1. The fraction of sp³-hybridized carbons (Fsp3) is 0.227. The lowest BCUT2D eigenvalue weighted by atomic mass is 10.2. The topological polar surface area (TPSA) is 111 Å². The van der Waals surface area contributed by atoms with Gasteiger partial charge in [0.1, 0.15) is 24.2 Å². The molecule has 0 radical (unpaired) electrons. The van der Waals surface area contributed by atoms with Crippen LogP contribution < -0.4 is 20.7 Å². The third-order valence-corrected chi connectivity index (χ3v) is 4.75. The fourth-order valence-electron chi connectivity index (χ4n) is 3.22. The van der Waals surface area contributed by atoms with Gasteiger partial charge in [-0.1, -0.05) is 30.3 Å². The third-order valence-electron chi connectivity index (χ3n) is 4.75. The molecule has 0 aliphatic carbocycles. The summed E-state index contributed by atoms with van der Waals surface area (Å²) in [4.78, 5) is 31.1. The number of aliphatic hydroxyl groups excluding tert-OH is 1. The lowest BCUT2D eigenvalue weighted by Crippen LogP contribution is -2.30. The second kappa shape index (κ2) is 8.49. The molecule has 9 nitrogen and oxygen atoms in total. The largest absolute Gasteiger partial charge is 0.491 e. The van der Waals surface area contributed by atoms with E-state index in [4.69, 9.17) is 9.47 Å². The van der Waals surface area contributed by atoms with Crippen molar-refractivity contribution in [2.24, 2.45) is 7.05 Å². The first-order chi connectivity index (χ1) is 14.9. The predicted octanol–water partition coefficient (Wildman–Crippen LogP) is 1.96. The lowest BCUT2D eigenvalue weighted by molar-refractivity contribution is 0.0915. The summed E-state index contributed by atoms with van der Waals surface area (Å²) in [6.07, 6.45) is -0.965. The maximum atomic E-state index is 12.5. The van der Waals surface area contributed by atoms with Crippen LogP contribution in [0.15, 0.2) is 64.2 Å². The highest BCUT2D eigenvalue weighted by molar-refractivity contribution is 5.71. The van der Waals surface area contributed by atoms with Crippen LogP contribution in [-0.4, -0.2) is 36.9 Å². The van der Waals surface area contributed by atoms with Crippen molar-refractivity contribution in [3.8, 4) is 17.5 Å². The summed E-state index contributed by atoms with van der Waals surface area (Å²) in [5.74, 6) is 1.14. The van der Waals surface area contributed by atoms with Gasteiger partial charge in [0.25, 0.3) is 5.56 Å². The van der Waals surface area contributed by atoms with Gasteiger partial charge >= 0.3 is 11.7 Å². The molecule has 2 N–H and O–H groups in total. The van der Waals surface area contributed by atoms with Crippen molar-refractivity contribution in [2.75, 3.05) is 6.61 Å². The second-order valence-corrected chi connectivity index (χ2v) is 7.19. The SMILES string of the molecule is Cc1cccc(OC[C@H](O)Cn2c(Oc3ccccc3)nc3c2c(=O)[nH]c(=O)n3C)c1. The average Bonchev–Trinajstić information content (AvgIpc) is 3.10. The molecular formula is C22H22N4O5. The van der Waals surface area contributed by atoms with E-state index in [0.29, 0.717) is 11.5 Å². The molecule has 0 unspecified atom stereocenters. The van der Waals surface area contributed by atoms with Crippen LogP contribution in [0.2, 0.25) is 0 Å². The van der Waals surface area contributed by atoms with Crippen molar-refractivity contribution in [3.63, 3.8) is 0 Å². The Kier molecular flexibility index (Phi) is 5.59. The van der Waals surface area contributed by atoms with E-state index in [-0.39, 0.29) is 30.3 Å². The zero-order chi connectivity index (χ0) is 22.0. The van der Waals surface area contributed by atoms with E-state index in [0.717, 1.165) is 5.56 Å². The zero-order valence-electron chi connectivity index (χ0n) is 17.1. The van der Waals surface area contributed by atoms with E-state index in [1.54, 1.807) is 30.3 Å². The highest BCUT2D eigenvalue weighted by atomic mass is 16.5. The van der Waals surface area contributed by atoms with Crippen LogP contribution in [0.1, 0.15) is 5.56 Å². The molecule has 31 heavy (non-hydrogen) atoms. The number of nitrogens with one attached hydrogen (secondary N) is 1. The van der Waals surface area contributed by atoms with E-state index in [1.165, 1.54) is 16.2 Å². The molecule has 4 aromatic rings.